The molecule has 0 spiro atoms. The zero-order chi connectivity index (χ0) is 21.8. The van der Waals surface area contributed by atoms with Crippen LogP contribution in [-0.4, -0.2) is 16.1 Å². The Bertz CT molecular complexity index is 892. The number of carbonyl (C=O) groups excluding carboxylic acids is 2. The molecule has 0 radical (unpaired) electrons. The first-order valence-electron chi connectivity index (χ1n) is 8.75. The Kier molecular flexibility index (Phi) is 8.50. The molecule has 2 amide bonds. The van der Waals surface area contributed by atoms with Gasteiger partial charge in [0.05, 0.1) is 16.6 Å². The lowest BCUT2D eigenvalue weighted by Gasteiger charge is -2.26. The highest BCUT2D eigenvalue weighted by atomic mass is 35.5. The summed E-state index contributed by atoms with van der Waals surface area (Å²) in [7, 11) is 0. The van der Waals surface area contributed by atoms with Crippen molar-refractivity contribution in [3.05, 3.63) is 57.0 Å². The first kappa shape index (κ1) is 24.1. The number of anilines is 2. The van der Waals surface area contributed by atoms with Gasteiger partial charge in [-0.1, -0.05) is 41.7 Å². The smallest absolute Gasteiger partial charge is 0.234 e. The van der Waals surface area contributed by atoms with Gasteiger partial charge in [0.2, 0.25) is 11.8 Å². The lowest BCUT2D eigenvalue weighted by molar-refractivity contribution is -0.118. The summed E-state index contributed by atoms with van der Waals surface area (Å²) in [4.78, 5) is 24.9. The van der Waals surface area contributed by atoms with Crippen LogP contribution in [0.15, 0.2) is 36.4 Å². The minimum Gasteiger partial charge on any atom is -0.325 e. The van der Waals surface area contributed by atoms with Crippen molar-refractivity contribution in [2.24, 2.45) is 0 Å². The fraction of sp³-hybridized carbons (Fsp3) is 0.300. The number of rotatable bonds is 7. The number of alkyl halides is 2. The Balaban J connectivity index is 2.31. The quantitative estimate of drug-likeness (QED) is 0.395. The molecule has 0 aliphatic rings. The number of amides is 2. The molecule has 0 heterocycles. The van der Waals surface area contributed by atoms with Crippen LogP contribution in [0.5, 0.6) is 0 Å². The van der Waals surface area contributed by atoms with Gasteiger partial charge in [0.15, 0.2) is 0 Å². The number of nitrogens with one attached hydrogen (secondary N) is 2. The summed E-state index contributed by atoms with van der Waals surface area (Å²) in [5, 5.41) is 6.54. The van der Waals surface area contributed by atoms with E-state index in [9.17, 15) is 9.59 Å². The number of halogens is 5. The van der Waals surface area contributed by atoms with Gasteiger partial charge in [0, 0.05) is 22.2 Å². The molecule has 0 saturated carbocycles. The lowest BCUT2D eigenvalue weighted by atomic mass is 9.94. The summed E-state index contributed by atoms with van der Waals surface area (Å²) >= 11 is 30.9. The van der Waals surface area contributed by atoms with Gasteiger partial charge >= 0.3 is 0 Å². The van der Waals surface area contributed by atoms with Crippen molar-refractivity contribution in [3.8, 4) is 0 Å². The summed E-state index contributed by atoms with van der Waals surface area (Å²) in [6, 6.07) is 9.46. The largest absolute Gasteiger partial charge is 0.325 e. The van der Waals surface area contributed by atoms with Crippen molar-refractivity contribution in [2.75, 3.05) is 10.6 Å². The van der Waals surface area contributed by atoms with Crippen LogP contribution in [0.4, 0.5) is 11.4 Å². The predicted molar refractivity (Wildman–Crippen MR) is 123 cm³/mol. The zero-order valence-electron chi connectivity index (χ0n) is 15.7. The normalized spacial score (nSPS) is 12.4. The van der Waals surface area contributed by atoms with E-state index in [1.807, 2.05) is 6.92 Å². The molecule has 2 aromatic carbocycles. The van der Waals surface area contributed by atoms with E-state index in [2.05, 4.69) is 10.6 Å². The zero-order valence-corrected chi connectivity index (χ0v) is 19.4. The summed E-state index contributed by atoms with van der Waals surface area (Å²) in [6.45, 7) is 3.41. The Labute approximate surface area is 194 Å². The van der Waals surface area contributed by atoms with Crippen molar-refractivity contribution in [1.82, 2.24) is 0 Å². The van der Waals surface area contributed by atoms with Crippen LogP contribution in [0.3, 0.4) is 0 Å². The second-order valence-electron chi connectivity index (χ2n) is 6.57. The van der Waals surface area contributed by atoms with Gasteiger partial charge in [-0.15, -0.1) is 23.2 Å². The Morgan fingerprint density at radius 1 is 1.00 bits per heavy atom. The third kappa shape index (κ3) is 6.94. The fourth-order valence-corrected chi connectivity index (χ4v) is 3.93. The van der Waals surface area contributed by atoms with Crippen molar-refractivity contribution in [2.45, 2.75) is 36.9 Å². The van der Waals surface area contributed by atoms with Crippen LogP contribution in [-0.2, 0) is 9.59 Å². The van der Waals surface area contributed by atoms with E-state index in [4.69, 9.17) is 58.0 Å². The third-order valence-electron chi connectivity index (χ3n) is 3.97. The van der Waals surface area contributed by atoms with Crippen molar-refractivity contribution < 1.29 is 9.59 Å². The molecule has 4 nitrogen and oxygen atoms in total. The van der Waals surface area contributed by atoms with E-state index in [1.54, 1.807) is 36.4 Å². The minimum absolute atomic E-state index is 0.168. The average molecular weight is 497 g/mol. The maximum absolute atomic E-state index is 13.0. The third-order valence-corrected chi connectivity index (χ3v) is 5.17. The van der Waals surface area contributed by atoms with Gasteiger partial charge < -0.3 is 10.6 Å². The van der Waals surface area contributed by atoms with Gasteiger partial charge in [0.25, 0.3) is 0 Å². The van der Waals surface area contributed by atoms with Crippen LogP contribution < -0.4 is 10.6 Å². The van der Waals surface area contributed by atoms with Crippen LogP contribution in [0.2, 0.25) is 15.1 Å². The van der Waals surface area contributed by atoms with Crippen molar-refractivity contribution >= 4 is 81.2 Å². The van der Waals surface area contributed by atoms with Gasteiger partial charge in [0.1, 0.15) is 4.33 Å². The van der Waals surface area contributed by atoms with E-state index in [1.165, 1.54) is 6.92 Å². The number of hydrogen-bond acceptors (Lipinski definition) is 2. The van der Waals surface area contributed by atoms with Gasteiger partial charge in [-0.25, -0.2) is 0 Å². The SMILES string of the molecule is CCCC(=O)Nc1cc(NC(=O)C(c2cc(Cl)cc(Cl)c2)C(C)(Cl)Cl)ccc1Cl. The van der Waals surface area contributed by atoms with E-state index >= 15 is 0 Å². The lowest BCUT2D eigenvalue weighted by Crippen LogP contribution is -2.32. The van der Waals surface area contributed by atoms with E-state index in [0.29, 0.717) is 44.8 Å². The molecule has 9 heteroatoms. The summed E-state index contributed by atoms with van der Waals surface area (Å²) in [6.07, 6.45) is 1.06. The van der Waals surface area contributed by atoms with Crippen LogP contribution in [0.25, 0.3) is 0 Å². The molecule has 29 heavy (non-hydrogen) atoms. The predicted octanol–water partition coefficient (Wildman–Crippen LogP) is 7.30. The average Bonchev–Trinajstić information content (AvgIpc) is 2.56. The topological polar surface area (TPSA) is 58.2 Å². The van der Waals surface area contributed by atoms with E-state index < -0.39 is 16.2 Å². The molecule has 1 unspecified atom stereocenters. The summed E-state index contributed by atoms with van der Waals surface area (Å²) in [5.41, 5.74) is 1.28. The molecule has 0 fully saturated rings. The second-order valence-corrected chi connectivity index (χ2v) is 9.62. The molecule has 1 atom stereocenters. The van der Waals surface area contributed by atoms with Crippen molar-refractivity contribution in [1.29, 1.82) is 0 Å². The highest BCUT2D eigenvalue weighted by Crippen LogP contribution is 2.40. The molecule has 0 aliphatic heterocycles. The monoisotopic (exact) mass is 494 g/mol. The van der Waals surface area contributed by atoms with Gasteiger partial charge in [-0.3, -0.25) is 9.59 Å². The molecule has 0 bridgehead atoms. The van der Waals surface area contributed by atoms with E-state index in [-0.39, 0.29) is 5.91 Å². The van der Waals surface area contributed by atoms with Gasteiger partial charge in [-0.2, -0.15) is 0 Å². The fourth-order valence-electron chi connectivity index (χ4n) is 2.77. The Morgan fingerprint density at radius 3 is 2.17 bits per heavy atom. The van der Waals surface area contributed by atoms with Crippen molar-refractivity contribution in [3.63, 3.8) is 0 Å². The maximum atomic E-state index is 13.0. The van der Waals surface area contributed by atoms with Crippen LogP contribution in [0, 0.1) is 0 Å². The number of hydrogen-bond donors (Lipinski definition) is 2. The Hall–Kier alpha value is -1.17. The van der Waals surface area contributed by atoms with Crippen LogP contribution in [0.1, 0.15) is 38.2 Å². The van der Waals surface area contributed by atoms with Crippen LogP contribution >= 0.6 is 58.0 Å². The molecule has 2 rings (SSSR count). The molecule has 2 aromatic rings. The molecular weight excluding hydrogens is 477 g/mol. The standard InChI is InChI=1S/C20H19Cl5N2O2/c1-3-4-17(28)27-16-10-14(5-6-15(16)23)26-19(29)18(20(2,24)25)11-7-12(21)9-13(22)8-11/h5-10,18H,3-4H2,1-2H3,(H,26,29)(H,27,28). The summed E-state index contributed by atoms with van der Waals surface area (Å²) in [5.74, 6) is -1.60. The molecular formula is C20H19Cl5N2O2. The van der Waals surface area contributed by atoms with E-state index in [0.717, 1.165) is 0 Å². The molecule has 0 aliphatic carbocycles. The number of carbonyl (C=O) groups is 2. The molecule has 0 saturated heterocycles. The summed E-state index contributed by atoms with van der Waals surface area (Å²) < 4.78 is -1.44. The maximum Gasteiger partial charge on any atom is 0.234 e. The second kappa shape index (κ2) is 10.2. The number of benzene rings is 2. The highest BCUT2D eigenvalue weighted by Gasteiger charge is 2.37. The first-order chi connectivity index (χ1) is 13.5. The highest BCUT2D eigenvalue weighted by molar-refractivity contribution is 6.50. The molecule has 0 aromatic heterocycles. The minimum atomic E-state index is -1.44. The molecule has 2 N–H and O–H groups in total. The first-order valence-corrected chi connectivity index (χ1v) is 10.6. The Morgan fingerprint density at radius 2 is 1.62 bits per heavy atom. The molecule has 156 valence electrons. The van der Waals surface area contributed by atoms with Gasteiger partial charge in [-0.05, 0) is 55.3 Å².